The van der Waals surface area contributed by atoms with Gasteiger partial charge in [0.1, 0.15) is 0 Å². The number of aromatic nitrogens is 5. The second kappa shape index (κ2) is 9.05. The fraction of sp³-hybridized carbons (Fsp3) is 0.348. The van der Waals surface area contributed by atoms with Gasteiger partial charge in [0.25, 0.3) is 0 Å². The Bertz CT molecular complexity index is 1130. The predicted octanol–water partition coefficient (Wildman–Crippen LogP) is 2.87. The minimum atomic E-state index is -0.823. The maximum Gasteiger partial charge on any atom is 0.246 e. The molecule has 0 radical (unpaired) electrons. The van der Waals surface area contributed by atoms with E-state index in [-0.39, 0.29) is 11.9 Å². The molecule has 0 bridgehead atoms. The lowest BCUT2D eigenvalue weighted by atomic mass is 9.94. The number of anilines is 1. The minimum absolute atomic E-state index is 0.0235. The number of hydrogen-bond acceptors (Lipinski definition) is 6. The van der Waals surface area contributed by atoms with Crippen LogP contribution >= 0.6 is 0 Å². The lowest BCUT2D eigenvalue weighted by molar-refractivity contribution is -0.126. The van der Waals surface area contributed by atoms with Gasteiger partial charge in [-0.05, 0) is 55.0 Å². The van der Waals surface area contributed by atoms with Gasteiger partial charge >= 0.3 is 0 Å². The van der Waals surface area contributed by atoms with Crippen LogP contribution in [0.1, 0.15) is 41.1 Å². The first-order chi connectivity index (χ1) is 16.0. The number of fused-ring (bicyclic) bond motifs is 1. The highest BCUT2D eigenvalue weighted by atomic mass is 19.2. The van der Waals surface area contributed by atoms with Gasteiger partial charge in [-0.2, -0.15) is 0 Å². The van der Waals surface area contributed by atoms with Gasteiger partial charge in [-0.15, -0.1) is 5.10 Å². The van der Waals surface area contributed by atoms with Crippen LogP contribution in [0, 0.1) is 11.6 Å². The number of halogens is 2. The Morgan fingerprint density at radius 2 is 1.73 bits per heavy atom. The zero-order valence-electron chi connectivity index (χ0n) is 17.8. The molecule has 170 valence electrons. The molecule has 1 aliphatic carbocycles. The summed E-state index contributed by atoms with van der Waals surface area (Å²) in [6.45, 7) is 1.37. The van der Waals surface area contributed by atoms with Gasteiger partial charge in [0.15, 0.2) is 11.6 Å². The van der Waals surface area contributed by atoms with Crippen molar-refractivity contribution in [3.8, 4) is 0 Å². The Morgan fingerprint density at radius 1 is 1.06 bits per heavy atom. The van der Waals surface area contributed by atoms with E-state index in [9.17, 15) is 13.6 Å². The molecular weight excluding hydrogens is 428 g/mol. The Hall–Kier alpha value is -3.69. The fourth-order valence-electron chi connectivity index (χ4n) is 4.48. The summed E-state index contributed by atoms with van der Waals surface area (Å²) in [5.74, 6) is -0.895. The zero-order valence-corrected chi connectivity index (χ0v) is 17.8. The van der Waals surface area contributed by atoms with Crippen molar-refractivity contribution in [1.82, 2.24) is 30.3 Å². The molecule has 2 aromatic heterocycles. The summed E-state index contributed by atoms with van der Waals surface area (Å²) >= 11 is 0. The summed E-state index contributed by atoms with van der Waals surface area (Å²) in [7, 11) is 0. The molecule has 0 spiro atoms. The van der Waals surface area contributed by atoms with Crippen LogP contribution in [0.4, 0.5) is 14.7 Å². The zero-order chi connectivity index (χ0) is 22.8. The van der Waals surface area contributed by atoms with Crippen molar-refractivity contribution in [3.05, 3.63) is 70.8 Å². The molecule has 5 rings (SSSR count). The summed E-state index contributed by atoms with van der Waals surface area (Å²) in [4.78, 5) is 23.0. The van der Waals surface area contributed by atoms with Gasteiger partial charge in [0.2, 0.25) is 11.9 Å². The van der Waals surface area contributed by atoms with Crippen LogP contribution in [0.5, 0.6) is 0 Å². The van der Waals surface area contributed by atoms with E-state index in [4.69, 9.17) is 0 Å². The highest BCUT2D eigenvalue weighted by Crippen LogP contribution is 2.27. The molecule has 3 aromatic rings. The maximum atomic E-state index is 13.4. The summed E-state index contributed by atoms with van der Waals surface area (Å²) in [6.07, 6.45) is 11.2. The second-order valence-electron chi connectivity index (χ2n) is 8.47. The van der Waals surface area contributed by atoms with Crippen LogP contribution in [0.25, 0.3) is 6.08 Å². The first kappa shape index (κ1) is 21.2. The predicted molar refractivity (Wildman–Crippen MR) is 117 cm³/mol. The van der Waals surface area contributed by atoms with Crippen LogP contribution in [-0.2, 0) is 17.6 Å². The summed E-state index contributed by atoms with van der Waals surface area (Å²) in [5, 5.41) is 13.7. The lowest BCUT2D eigenvalue weighted by Gasteiger charge is -2.30. The van der Waals surface area contributed by atoms with E-state index in [1.165, 1.54) is 12.1 Å². The minimum Gasteiger partial charge on any atom is -0.351 e. The van der Waals surface area contributed by atoms with Crippen LogP contribution in [0.3, 0.4) is 0 Å². The average Bonchev–Trinajstić information content (AvgIpc) is 3.49. The number of piperidine rings is 1. The first-order valence-electron chi connectivity index (χ1n) is 10.9. The monoisotopic (exact) mass is 451 g/mol. The molecular formula is C23H23F2N7O. The highest BCUT2D eigenvalue weighted by Gasteiger charge is 2.25. The van der Waals surface area contributed by atoms with Crippen molar-refractivity contribution in [3.63, 3.8) is 0 Å². The van der Waals surface area contributed by atoms with Gasteiger partial charge in [0, 0.05) is 49.1 Å². The van der Waals surface area contributed by atoms with Gasteiger partial charge < -0.3 is 10.2 Å². The molecule has 0 unspecified atom stereocenters. The number of benzene rings is 1. The third kappa shape index (κ3) is 4.74. The Balaban J connectivity index is 1.12. The SMILES string of the molecule is O=C(/C=C/c1cnc(NC2Cc3cc(F)c(F)cc3C2)nc1)N1CCC(c2cnn[nH]2)CC1. The number of aromatic amines is 1. The molecule has 0 saturated carbocycles. The van der Waals surface area contributed by atoms with Gasteiger partial charge in [-0.3, -0.25) is 9.89 Å². The second-order valence-corrected chi connectivity index (χ2v) is 8.47. The van der Waals surface area contributed by atoms with E-state index in [2.05, 4.69) is 30.7 Å². The van der Waals surface area contributed by atoms with E-state index in [1.807, 2.05) is 4.90 Å². The van der Waals surface area contributed by atoms with Gasteiger partial charge in [-0.1, -0.05) is 5.21 Å². The summed E-state index contributed by atoms with van der Waals surface area (Å²) in [5.41, 5.74) is 3.33. The highest BCUT2D eigenvalue weighted by molar-refractivity contribution is 5.91. The topological polar surface area (TPSA) is 99.7 Å². The third-order valence-electron chi connectivity index (χ3n) is 6.28. The Kier molecular flexibility index (Phi) is 5.80. The molecule has 1 fully saturated rings. The quantitative estimate of drug-likeness (QED) is 0.579. The molecule has 33 heavy (non-hydrogen) atoms. The van der Waals surface area contributed by atoms with Crippen LogP contribution in [-0.4, -0.2) is 55.3 Å². The van der Waals surface area contributed by atoms with Gasteiger partial charge in [-0.25, -0.2) is 18.7 Å². The van der Waals surface area contributed by atoms with Crippen molar-refractivity contribution >= 4 is 17.9 Å². The molecule has 1 aromatic carbocycles. The molecule has 8 nitrogen and oxygen atoms in total. The van der Waals surface area contributed by atoms with Crippen LogP contribution in [0.15, 0.2) is 36.8 Å². The lowest BCUT2D eigenvalue weighted by Crippen LogP contribution is -2.36. The Labute approximate surface area is 189 Å². The summed E-state index contributed by atoms with van der Waals surface area (Å²) < 4.78 is 26.9. The van der Waals surface area contributed by atoms with Crippen molar-refractivity contribution in [1.29, 1.82) is 0 Å². The van der Waals surface area contributed by atoms with Gasteiger partial charge in [0.05, 0.1) is 11.9 Å². The van der Waals surface area contributed by atoms with Crippen molar-refractivity contribution in [2.24, 2.45) is 0 Å². The number of H-pyrrole nitrogens is 1. The Morgan fingerprint density at radius 3 is 2.33 bits per heavy atom. The van der Waals surface area contributed by atoms with Crippen molar-refractivity contribution < 1.29 is 13.6 Å². The molecule has 0 atom stereocenters. The van der Waals surface area contributed by atoms with Crippen LogP contribution in [0.2, 0.25) is 0 Å². The van der Waals surface area contributed by atoms with E-state index < -0.39 is 11.6 Å². The van der Waals surface area contributed by atoms with Crippen LogP contribution < -0.4 is 5.32 Å². The molecule has 2 N–H and O–H groups in total. The van der Waals surface area contributed by atoms with E-state index in [0.717, 1.165) is 29.7 Å². The largest absolute Gasteiger partial charge is 0.351 e. The van der Waals surface area contributed by atoms with Crippen molar-refractivity contribution in [2.45, 2.75) is 37.6 Å². The fourth-order valence-corrected chi connectivity index (χ4v) is 4.48. The van der Waals surface area contributed by atoms with E-state index in [0.29, 0.717) is 43.4 Å². The normalized spacial score (nSPS) is 17.0. The first-order valence-corrected chi connectivity index (χ1v) is 10.9. The number of carbonyl (C=O) groups excluding carboxylic acids is 1. The molecule has 1 saturated heterocycles. The molecule has 3 heterocycles. The van der Waals surface area contributed by atoms with E-state index >= 15 is 0 Å². The maximum absolute atomic E-state index is 13.4. The number of likely N-dealkylation sites (tertiary alicyclic amines) is 1. The smallest absolute Gasteiger partial charge is 0.246 e. The van der Waals surface area contributed by atoms with Crippen molar-refractivity contribution in [2.75, 3.05) is 18.4 Å². The standard InChI is InChI=1S/C23H23F2N7O/c24-19-9-16-7-18(8-17(16)10-20(19)25)29-23-26-11-14(12-27-23)1-2-22(33)32-5-3-15(4-6-32)21-13-28-31-30-21/h1-2,9-13,15,18H,3-8H2,(H,26,27,29)(H,28,30,31)/b2-1+. The van der Waals surface area contributed by atoms with E-state index in [1.54, 1.807) is 30.7 Å². The molecule has 2 aliphatic rings. The third-order valence-corrected chi connectivity index (χ3v) is 6.28. The number of hydrogen-bond donors (Lipinski definition) is 2. The molecule has 1 aliphatic heterocycles. The summed E-state index contributed by atoms with van der Waals surface area (Å²) in [6, 6.07) is 2.49. The average molecular weight is 451 g/mol. The number of nitrogens with zero attached hydrogens (tertiary/aromatic N) is 5. The number of amides is 1. The number of nitrogens with one attached hydrogen (secondary N) is 2. The number of rotatable bonds is 5. The number of carbonyl (C=O) groups is 1. The molecule has 10 heteroatoms. The molecule has 1 amide bonds.